The summed E-state index contributed by atoms with van der Waals surface area (Å²) in [7, 11) is -2.71. The van der Waals surface area contributed by atoms with Crippen molar-refractivity contribution in [1.82, 2.24) is 9.62 Å². The van der Waals surface area contributed by atoms with Gasteiger partial charge in [0.25, 0.3) is 0 Å². The van der Waals surface area contributed by atoms with E-state index in [9.17, 15) is 18.3 Å². The van der Waals surface area contributed by atoms with Crippen LogP contribution in [0.25, 0.3) is 11.1 Å². The highest BCUT2D eigenvalue weighted by Gasteiger charge is 2.31. The number of benzene rings is 3. The number of carboxylic acids is 1. The smallest absolute Gasteiger partial charge is 0.307 e. The highest BCUT2D eigenvalue weighted by Crippen LogP contribution is 2.36. The number of nitrogens with zero attached hydrogens (tertiary/aromatic N) is 1. The largest absolute Gasteiger partial charge is 0.481 e. The zero-order valence-electron chi connectivity index (χ0n) is 23.4. The minimum atomic E-state index is -4.10. The molecule has 4 rings (SSSR count). The normalized spacial score (nSPS) is 14.8. The van der Waals surface area contributed by atoms with E-state index in [2.05, 4.69) is 43.4 Å². The Kier molecular flexibility index (Phi) is 9.84. The van der Waals surface area contributed by atoms with E-state index in [0.29, 0.717) is 22.6 Å². The summed E-state index contributed by atoms with van der Waals surface area (Å²) in [6, 6.07) is 18.4. The number of halogens is 2. The molecule has 0 spiro atoms. The van der Waals surface area contributed by atoms with Gasteiger partial charge in [0.05, 0.1) is 22.6 Å². The fraction of sp³-hybridized carbons (Fsp3) is 0.387. The van der Waals surface area contributed by atoms with Crippen LogP contribution in [0.5, 0.6) is 0 Å². The zero-order chi connectivity index (χ0) is 29.9. The summed E-state index contributed by atoms with van der Waals surface area (Å²) >= 11 is 12.9. The summed E-state index contributed by atoms with van der Waals surface area (Å²) in [4.78, 5) is 10.7. The Balaban J connectivity index is 1.37. The van der Waals surface area contributed by atoms with Crippen LogP contribution in [0.2, 0.25) is 10.0 Å². The van der Waals surface area contributed by atoms with Crippen molar-refractivity contribution in [2.24, 2.45) is 5.92 Å². The van der Waals surface area contributed by atoms with E-state index in [1.807, 2.05) is 0 Å². The maximum absolute atomic E-state index is 13.4. The number of carbonyl (C=O) groups is 1. The molecule has 0 amide bonds. The van der Waals surface area contributed by atoms with Crippen molar-refractivity contribution < 1.29 is 23.4 Å². The molecule has 1 aliphatic carbocycles. The van der Waals surface area contributed by atoms with Crippen molar-refractivity contribution in [2.45, 2.75) is 56.1 Å². The SMILES string of the molecule is CN(CC(O)CNC(C)(C)CC1Cc2ccccc2C1)S(=O)(=O)c1c(Cl)cc(-c2ccc(CC(=O)O)cc2)cc1Cl. The van der Waals surface area contributed by atoms with E-state index in [4.69, 9.17) is 28.3 Å². The molecular formula is C31H36Cl2N2O5S. The van der Waals surface area contributed by atoms with Gasteiger partial charge in [-0.1, -0.05) is 71.7 Å². The summed E-state index contributed by atoms with van der Waals surface area (Å²) in [6.07, 6.45) is 1.97. The number of carboxylic acid groups (broad SMARTS) is 1. The predicted octanol–water partition coefficient (Wildman–Crippen LogP) is 5.44. The lowest BCUT2D eigenvalue weighted by Gasteiger charge is -2.31. The monoisotopic (exact) mass is 618 g/mol. The van der Waals surface area contributed by atoms with E-state index >= 15 is 0 Å². The molecule has 41 heavy (non-hydrogen) atoms. The van der Waals surface area contributed by atoms with Crippen LogP contribution in [0.1, 0.15) is 37.0 Å². The number of rotatable bonds is 12. The first-order valence-corrected chi connectivity index (χ1v) is 15.7. The Morgan fingerprint density at radius 3 is 2.12 bits per heavy atom. The molecule has 0 saturated heterocycles. The van der Waals surface area contributed by atoms with Gasteiger partial charge >= 0.3 is 5.97 Å². The standard InChI is InChI=1S/C31H36Cl2N2O5S/c1-31(2,17-21-12-23-6-4-5-7-24(23)13-21)34-18-26(36)19-35(3)41(39,40)30-27(32)15-25(16-28(30)33)22-10-8-20(9-11-22)14-29(37)38/h4-11,15-16,21,26,34,36H,12-14,17-19H2,1-3H3,(H,37,38). The van der Waals surface area contributed by atoms with Crippen molar-refractivity contribution >= 4 is 39.2 Å². The molecule has 0 heterocycles. The first-order valence-electron chi connectivity index (χ1n) is 13.5. The van der Waals surface area contributed by atoms with Gasteiger partial charge in [0.2, 0.25) is 10.0 Å². The molecule has 0 aliphatic heterocycles. The van der Waals surface area contributed by atoms with Crippen LogP contribution in [0.4, 0.5) is 0 Å². The number of fused-ring (bicyclic) bond motifs is 1. The number of hydrogen-bond donors (Lipinski definition) is 3. The molecule has 0 bridgehead atoms. The molecule has 3 aromatic carbocycles. The Hall–Kier alpha value is -2.46. The molecule has 1 aliphatic rings. The van der Waals surface area contributed by atoms with Crippen LogP contribution in [0.3, 0.4) is 0 Å². The van der Waals surface area contributed by atoms with Crippen LogP contribution in [0.15, 0.2) is 65.6 Å². The van der Waals surface area contributed by atoms with E-state index in [-0.39, 0.29) is 40.0 Å². The fourth-order valence-electron chi connectivity index (χ4n) is 5.56. The zero-order valence-corrected chi connectivity index (χ0v) is 25.7. The number of aliphatic hydroxyl groups excluding tert-OH is 1. The number of β-amino-alcohol motifs (C(OH)–C–C–N with tert-alkyl or cyclic N) is 1. The van der Waals surface area contributed by atoms with Gasteiger partial charge < -0.3 is 15.5 Å². The third kappa shape index (κ3) is 7.89. The van der Waals surface area contributed by atoms with Gasteiger partial charge in [-0.25, -0.2) is 8.42 Å². The number of hydrogen-bond acceptors (Lipinski definition) is 5. The summed E-state index contributed by atoms with van der Waals surface area (Å²) in [5.74, 6) is -0.410. The Morgan fingerprint density at radius 2 is 1.59 bits per heavy atom. The third-order valence-corrected chi connectivity index (χ3v) is 10.3. The lowest BCUT2D eigenvalue weighted by Crippen LogP contribution is -2.47. The first-order chi connectivity index (χ1) is 19.2. The van der Waals surface area contributed by atoms with Crippen LogP contribution < -0.4 is 5.32 Å². The average Bonchev–Trinajstić information content (AvgIpc) is 3.28. The summed E-state index contributed by atoms with van der Waals surface area (Å²) in [5, 5.41) is 23.0. The van der Waals surface area contributed by atoms with E-state index < -0.39 is 22.1 Å². The number of sulfonamides is 1. The molecule has 10 heteroatoms. The average molecular weight is 620 g/mol. The number of nitrogens with one attached hydrogen (secondary N) is 1. The fourth-order valence-corrected chi connectivity index (χ4v) is 7.92. The molecule has 0 fully saturated rings. The minimum Gasteiger partial charge on any atom is -0.481 e. The van der Waals surface area contributed by atoms with E-state index in [1.165, 1.54) is 30.3 Å². The van der Waals surface area contributed by atoms with E-state index in [1.54, 1.807) is 24.3 Å². The topological polar surface area (TPSA) is 107 Å². The lowest BCUT2D eigenvalue weighted by atomic mass is 9.88. The van der Waals surface area contributed by atoms with Gasteiger partial charge in [-0.2, -0.15) is 4.31 Å². The van der Waals surface area contributed by atoms with Crippen LogP contribution in [-0.4, -0.2) is 60.7 Å². The van der Waals surface area contributed by atoms with Crippen molar-refractivity contribution in [3.05, 3.63) is 87.4 Å². The highest BCUT2D eigenvalue weighted by molar-refractivity contribution is 7.89. The van der Waals surface area contributed by atoms with Gasteiger partial charge in [0.1, 0.15) is 4.90 Å². The van der Waals surface area contributed by atoms with Crippen molar-refractivity contribution in [2.75, 3.05) is 20.1 Å². The number of aliphatic carboxylic acids is 1. The Morgan fingerprint density at radius 1 is 1.02 bits per heavy atom. The van der Waals surface area contributed by atoms with Gasteiger partial charge in [-0.05, 0) is 79.0 Å². The summed E-state index contributed by atoms with van der Waals surface area (Å²) < 4.78 is 27.9. The first kappa shape index (κ1) is 31.5. The third-order valence-electron chi connectivity index (χ3n) is 7.53. The second-order valence-corrected chi connectivity index (χ2v) is 14.3. The second-order valence-electron chi connectivity index (χ2n) is 11.5. The van der Waals surface area contributed by atoms with Crippen LogP contribution in [0, 0.1) is 5.92 Å². The molecule has 1 atom stereocenters. The second kappa shape index (κ2) is 12.8. The van der Waals surface area contributed by atoms with Gasteiger partial charge in [-0.15, -0.1) is 0 Å². The Bertz CT molecular complexity index is 1460. The van der Waals surface area contributed by atoms with Gasteiger partial charge in [-0.3, -0.25) is 4.79 Å². The molecule has 1 unspecified atom stereocenters. The summed E-state index contributed by atoms with van der Waals surface area (Å²) in [6.45, 7) is 4.29. The molecule has 0 radical (unpaired) electrons. The Labute approximate surface area is 252 Å². The lowest BCUT2D eigenvalue weighted by molar-refractivity contribution is -0.136. The molecule has 0 saturated carbocycles. The van der Waals surface area contributed by atoms with Crippen molar-refractivity contribution in [3.8, 4) is 11.1 Å². The number of aliphatic hydroxyl groups is 1. The molecule has 3 aromatic rings. The molecule has 220 valence electrons. The molecular weight excluding hydrogens is 583 g/mol. The van der Waals surface area contributed by atoms with Gasteiger partial charge in [0.15, 0.2) is 0 Å². The molecule has 3 N–H and O–H groups in total. The minimum absolute atomic E-state index is 0.0414. The molecule has 7 nitrogen and oxygen atoms in total. The maximum Gasteiger partial charge on any atom is 0.307 e. The van der Waals surface area contributed by atoms with Gasteiger partial charge in [0, 0.05) is 25.7 Å². The van der Waals surface area contributed by atoms with Crippen LogP contribution >= 0.6 is 23.2 Å². The quantitative estimate of drug-likeness (QED) is 0.249. The van der Waals surface area contributed by atoms with Crippen molar-refractivity contribution in [3.63, 3.8) is 0 Å². The highest BCUT2D eigenvalue weighted by atomic mass is 35.5. The van der Waals surface area contributed by atoms with E-state index in [0.717, 1.165) is 23.6 Å². The number of likely N-dealkylation sites (N-methyl/N-ethyl adjacent to an activating group) is 1. The maximum atomic E-state index is 13.4. The van der Waals surface area contributed by atoms with Crippen LogP contribution in [-0.2, 0) is 34.1 Å². The van der Waals surface area contributed by atoms with Crippen molar-refractivity contribution in [1.29, 1.82) is 0 Å². The predicted molar refractivity (Wildman–Crippen MR) is 163 cm³/mol. The summed E-state index contributed by atoms with van der Waals surface area (Å²) in [5.41, 5.74) is 4.52. The molecule has 0 aromatic heterocycles.